The molecule has 0 aromatic heterocycles. The molecule has 1 aliphatic heterocycles. The number of carbonyl (C=O) groups is 1. The maximum atomic E-state index is 13.8. The smallest absolute Gasteiger partial charge is 0.425 e. The molecule has 0 saturated carbocycles. The number of aliphatic hydroxyl groups is 1. The first-order valence-corrected chi connectivity index (χ1v) is 8.65. The minimum absolute atomic E-state index is 0.0273. The van der Waals surface area contributed by atoms with Crippen molar-refractivity contribution in [2.24, 2.45) is 0 Å². The van der Waals surface area contributed by atoms with Gasteiger partial charge in [0.15, 0.2) is 0 Å². The van der Waals surface area contributed by atoms with Crippen molar-refractivity contribution in [1.82, 2.24) is 4.90 Å². The van der Waals surface area contributed by atoms with Crippen molar-refractivity contribution in [1.29, 1.82) is 0 Å². The molecule has 1 N–H and O–H groups in total. The Balaban J connectivity index is 1.68. The van der Waals surface area contributed by atoms with E-state index in [0.717, 1.165) is 0 Å². The normalized spacial score (nSPS) is 24.1. The molecule has 4 nitrogen and oxygen atoms in total. The van der Waals surface area contributed by atoms with E-state index in [1.807, 2.05) is 0 Å². The van der Waals surface area contributed by atoms with Gasteiger partial charge in [-0.15, -0.1) is 0 Å². The number of alkyl halides is 3. The first-order chi connectivity index (χ1) is 12.7. The largest absolute Gasteiger partial charge is 0.491 e. The van der Waals surface area contributed by atoms with Gasteiger partial charge < -0.3 is 14.7 Å². The molecule has 4 rings (SSSR count). The summed E-state index contributed by atoms with van der Waals surface area (Å²) < 4.78 is 47.1. The van der Waals surface area contributed by atoms with Gasteiger partial charge in [-0.25, -0.2) is 0 Å². The summed E-state index contributed by atoms with van der Waals surface area (Å²) in [7, 11) is 1.69. The molecular weight excluding hydrogens is 359 g/mol. The van der Waals surface area contributed by atoms with E-state index in [0.29, 0.717) is 24.0 Å². The van der Waals surface area contributed by atoms with E-state index in [-0.39, 0.29) is 35.4 Å². The summed E-state index contributed by atoms with van der Waals surface area (Å²) in [4.78, 5) is 13.2. The quantitative estimate of drug-likeness (QED) is 0.891. The average Bonchev–Trinajstić information content (AvgIpc) is 3.09. The summed E-state index contributed by atoms with van der Waals surface area (Å²) in [5.41, 5.74) is -2.78. The molecule has 1 aliphatic carbocycles. The Bertz CT molecular complexity index is 912. The molecule has 0 spiro atoms. The van der Waals surface area contributed by atoms with Crippen molar-refractivity contribution in [2.75, 3.05) is 13.7 Å². The second-order valence-corrected chi connectivity index (χ2v) is 6.97. The van der Waals surface area contributed by atoms with Gasteiger partial charge in [0.2, 0.25) is 11.5 Å². The van der Waals surface area contributed by atoms with Crippen molar-refractivity contribution in [3.05, 3.63) is 53.6 Å². The van der Waals surface area contributed by atoms with Crippen molar-refractivity contribution in [3.8, 4) is 16.9 Å². The number of amides is 1. The zero-order valence-electron chi connectivity index (χ0n) is 14.6. The van der Waals surface area contributed by atoms with Crippen LogP contribution in [0.2, 0.25) is 0 Å². The minimum atomic E-state index is -4.87. The highest BCUT2D eigenvalue weighted by Crippen LogP contribution is 2.55. The van der Waals surface area contributed by atoms with E-state index in [4.69, 9.17) is 4.74 Å². The standard InChI is InChI=1S/C20H18F3NO3/c1-24-12(6-9-18(24)25)11-27-13-7-8-15-14-4-2-3-5-16(14)19(26,17(15)10-13)20(21,22)23/h2-5,7-8,10,12,26H,6,9,11H2,1H3/t12-,19?/m1/s1. The molecule has 2 aliphatic rings. The van der Waals surface area contributed by atoms with Crippen molar-refractivity contribution in [2.45, 2.75) is 30.7 Å². The van der Waals surface area contributed by atoms with Crippen molar-refractivity contribution >= 4 is 5.91 Å². The zero-order valence-corrected chi connectivity index (χ0v) is 14.6. The van der Waals surface area contributed by atoms with E-state index in [9.17, 15) is 23.1 Å². The van der Waals surface area contributed by atoms with Crippen LogP contribution in [0.4, 0.5) is 13.2 Å². The highest BCUT2D eigenvalue weighted by atomic mass is 19.4. The summed E-state index contributed by atoms with van der Waals surface area (Å²) in [5.74, 6) is 0.261. The van der Waals surface area contributed by atoms with Gasteiger partial charge in [-0.2, -0.15) is 13.2 Å². The van der Waals surface area contributed by atoms with Gasteiger partial charge >= 0.3 is 6.18 Å². The lowest BCUT2D eigenvalue weighted by Gasteiger charge is -2.28. The fourth-order valence-electron chi connectivity index (χ4n) is 3.88. The highest BCUT2D eigenvalue weighted by molar-refractivity contribution is 5.81. The van der Waals surface area contributed by atoms with Crippen LogP contribution in [0, 0.1) is 0 Å². The van der Waals surface area contributed by atoms with E-state index in [2.05, 4.69) is 0 Å². The van der Waals surface area contributed by atoms with Crippen LogP contribution in [0.5, 0.6) is 5.75 Å². The molecule has 2 atom stereocenters. The number of rotatable bonds is 3. The lowest BCUT2D eigenvalue weighted by molar-refractivity contribution is -0.246. The first kappa shape index (κ1) is 17.9. The molecule has 2 aromatic carbocycles. The number of benzene rings is 2. The fourth-order valence-corrected chi connectivity index (χ4v) is 3.88. The van der Waals surface area contributed by atoms with Crippen LogP contribution in [-0.4, -0.2) is 41.8 Å². The average molecular weight is 377 g/mol. The Morgan fingerprint density at radius 1 is 1.19 bits per heavy atom. The number of hydrogen-bond acceptors (Lipinski definition) is 3. The zero-order chi connectivity index (χ0) is 19.4. The summed E-state index contributed by atoms with van der Waals surface area (Å²) in [6.07, 6.45) is -3.78. The van der Waals surface area contributed by atoms with Crippen LogP contribution in [0.25, 0.3) is 11.1 Å². The lowest BCUT2D eigenvalue weighted by Crippen LogP contribution is -2.41. The predicted octanol–water partition coefficient (Wildman–Crippen LogP) is 3.46. The first-order valence-electron chi connectivity index (χ1n) is 8.65. The predicted molar refractivity (Wildman–Crippen MR) is 92.2 cm³/mol. The summed E-state index contributed by atoms with van der Waals surface area (Å²) >= 11 is 0. The van der Waals surface area contributed by atoms with Gasteiger partial charge in [-0.3, -0.25) is 4.79 Å². The van der Waals surface area contributed by atoms with E-state index < -0.39 is 11.8 Å². The van der Waals surface area contributed by atoms with E-state index >= 15 is 0 Å². The van der Waals surface area contributed by atoms with Gasteiger partial charge in [0.1, 0.15) is 12.4 Å². The third kappa shape index (κ3) is 2.60. The molecule has 27 heavy (non-hydrogen) atoms. The maximum Gasteiger partial charge on any atom is 0.425 e. The Morgan fingerprint density at radius 3 is 2.56 bits per heavy atom. The van der Waals surface area contributed by atoms with Crippen molar-refractivity contribution < 1.29 is 27.8 Å². The number of ether oxygens (including phenoxy) is 1. The number of carbonyl (C=O) groups excluding carboxylic acids is 1. The van der Waals surface area contributed by atoms with Crippen LogP contribution in [0.3, 0.4) is 0 Å². The summed E-state index contributed by atoms with van der Waals surface area (Å²) in [6.45, 7) is 0.193. The highest BCUT2D eigenvalue weighted by Gasteiger charge is 2.60. The van der Waals surface area contributed by atoms with Crippen LogP contribution >= 0.6 is 0 Å². The Labute approximate surface area is 154 Å². The second kappa shape index (κ2) is 5.99. The fraction of sp³-hybridized carbons (Fsp3) is 0.350. The Kier molecular flexibility index (Phi) is 3.96. The number of fused-ring (bicyclic) bond motifs is 3. The molecule has 1 fully saturated rings. The monoisotopic (exact) mass is 377 g/mol. The number of nitrogens with zero attached hydrogens (tertiary/aromatic N) is 1. The molecular formula is C20H18F3NO3. The Morgan fingerprint density at radius 2 is 1.89 bits per heavy atom. The van der Waals surface area contributed by atoms with Crippen LogP contribution in [0.15, 0.2) is 42.5 Å². The SMILES string of the molecule is CN1C(=O)CC[C@@H]1COc1ccc2c(c1)C(O)(C(F)(F)F)c1ccccc1-2. The number of hydrogen-bond donors (Lipinski definition) is 1. The van der Waals surface area contributed by atoms with Crippen LogP contribution in [-0.2, 0) is 10.4 Å². The molecule has 0 bridgehead atoms. The molecule has 1 saturated heterocycles. The topological polar surface area (TPSA) is 49.8 Å². The molecule has 2 aromatic rings. The van der Waals surface area contributed by atoms with Crippen LogP contribution in [0.1, 0.15) is 24.0 Å². The van der Waals surface area contributed by atoms with E-state index in [1.54, 1.807) is 30.1 Å². The van der Waals surface area contributed by atoms with E-state index in [1.165, 1.54) is 24.3 Å². The van der Waals surface area contributed by atoms with Gasteiger partial charge in [-0.1, -0.05) is 30.3 Å². The molecule has 1 heterocycles. The molecule has 1 unspecified atom stereocenters. The number of likely N-dealkylation sites (tertiary alicyclic amines) is 1. The third-order valence-corrected chi connectivity index (χ3v) is 5.47. The minimum Gasteiger partial charge on any atom is -0.491 e. The second-order valence-electron chi connectivity index (χ2n) is 6.97. The molecule has 7 heteroatoms. The van der Waals surface area contributed by atoms with Gasteiger partial charge in [0, 0.05) is 24.6 Å². The van der Waals surface area contributed by atoms with Gasteiger partial charge in [-0.05, 0) is 29.7 Å². The summed E-state index contributed by atoms with van der Waals surface area (Å²) in [5, 5.41) is 10.7. The molecule has 0 radical (unpaired) electrons. The lowest BCUT2D eigenvalue weighted by atomic mass is 9.90. The molecule has 142 valence electrons. The third-order valence-electron chi connectivity index (χ3n) is 5.47. The number of halogens is 3. The summed E-state index contributed by atoms with van der Waals surface area (Å²) in [6, 6.07) is 10.3. The maximum absolute atomic E-state index is 13.8. The van der Waals surface area contributed by atoms with Gasteiger partial charge in [0.05, 0.1) is 6.04 Å². The Hall–Kier alpha value is -2.54. The van der Waals surface area contributed by atoms with Gasteiger partial charge in [0.25, 0.3) is 0 Å². The molecule has 1 amide bonds. The van der Waals surface area contributed by atoms with Crippen LogP contribution < -0.4 is 4.74 Å². The number of likely N-dealkylation sites (N-methyl/N-ethyl adjacent to an activating group) is 1. The van der Waals surface area contributed by atoms with Crippen molar-refractivity contribution in [3.63, 3.8) is 0 Å².